The normalized spacial score (nSPS) is 17.9. The van der Waals surface area contributed by atoms with Gasteiger partial charge in [0, 0.05) is 29.7 Å². The number of carbonyl (C=O) groups is 3. The molecule has 1 aromatic heterocycles. The van der Waals surface area contributed by atoms with Crippen molar-refractivity contribution in [1.82, 2.24) is 0 Å². The van der Waals surface area contributed by atoms with E-state index in [-0.39, 0.29) is 28.9 Å². The lowest BCUT2D eigenvalue weighted by Gasteiger charge is -2.38. The van der Waals surface area contributed by atoms with E-state index in [2.05, 4.69) is 12.4 Å². The number of benzene rings is 3. The average Bonchev–Trinajstić information content (AvgIpc) is 3.78. The molecule has 0 bridgehead atoms. The Morgan fingerprint density at radius 2 is 1.64 bits per heavy atom. The first kappa shape index (κ1) is 41.5. The zero-order valence-electron chi connectivity index (χ0n) is 30.1. The number of thiophene rings is 1. The molecule has 1 unspecified atom stereocenters. The van der Waals surface area contributed by atoms with Crippen molar-refractivity contribution in [2.24, 2.45) is 5.73 Å². The van der Waals surface area contributed by atoms with Crippen LogP contribution in [0.2, 0.25) is 0 Å². The molecule has 5 N–H and O–H groups in total. The minimum absolute atomic E-state index is 0.0814. The van der Waals surface area contributed by atoms with Crippen molar-refractivity contribution >= 4 is 50.8 Å². The monoisotopic (exact) mass is 820 g/mol. The number of carboxylic acid groups (broad SMARTS) is 1. The van der Waals surface area contributed by atoms with Crippen molar-refractivity contribution in [3.8, 4) is 23.0 Å². The lowest BCUT2D eigenvalue weighted by Crippen LogP contribution is -2.56. The standard InChI is InChI=1S/C35H36N4O8S2.C2HF3O2/c1-23-5-16-33(48-23)49(43,44)47-29-13-9-26(10-14-29)37-35(42)38(30(34(36)41)18-24-6-11-28(40)12-7-24)27-4-3-17-39(2,21-27)20-25-8-15-31-32(19-25)46-22-45-31;3-2(4,5)1(6)7/h5-16,19,30H,3-4,17-18,20-22H2,1-2H3,(H2-2,36,37,40,41,42);(H,6,7)/p+2/b38-27+;/t30-,39?;/m0./s1. The van der Waals surface area contributed by atoms with Gasteiger partial charge in [-0.2, -0.15) is 31.0 Å². The van der Waals surface area contributed by atoms with E-state index >= 15 is 0 Å². The summed E-state index contributed by atoms with van der Waals surface area (Å²) in [6, 6.07) is 19.9. The number of ether oxygens (including phenoxy) is 2. The Hall–Kier alpha value is -5.66. The van der Waals surface area contributed by atoms with Gasteiger partial charge in [-0.25, -0.2) is 10.1 Å². The van der Waals surface area contributed by atoms with Crippen molar-refractivity contribution in [2.45, 2.75) is 49.2 Å². The van der Waals surface area contributed by atoms with Gasteiger partial charge in [-0.1, -0.05) is 12.1 Å². The number of nitrogens with one attached hydrogen (secondary N) is 1. The number of hydrogen-bond donors (Lipinski definition) is 4. The molecule has 4 aromatic rings. The maximum absolute atomic E-state index is 14.2. The van der Waals surface area contributed by atoms with Crippen LogP contribution < -0.4 is 24.7 Å². The molecule has 0 spiro atoms. The number of aryl methyl sites for hydroxylation is 1. The van der Waals surface area contributed by atoms with E-state index < -0.39 is 40.2 Å². The number of quaternary nitrogens is 1. The Morgan fingerprint density at radius 1 is 1.00 bits per heavy atom. The Balaban J connectivity index is 0.000000784. The predicted octanol–water partition coefficient (Wildman–Crippen LogP) is 5.41. The molecule has 3 amide bonds. The molecule has 2 aliphatic rings. The minimum Gasteiger partial charge on any atom is -0.508 e. The van der Waals surface area contributed by atoms with Gasteiger partial charge in [0.1, 0.15) is 36.0 Å². The van der Waals surface area contributed by atoms with E-state index in [9.17, 15) is 36.3 Å². The fourth-order valence-electron chi connectivity index (χ4n) is 6.25. The summed E-state index contributed by atoms with van der Waals surface area (Å²) in [6.07, 6.45) is -3.60. The first-order valence-electron chi connectivity index (χ1n) is 17.0. The topological polar surface area (TPSA) is 195 Å². The first-order valence-corrected chi connectivity index (χ1v) is 19.2. The van der Waals surface area contributed by atoms with Gasteiger partial charge in [0.05, 0.1) is 13.6 Å². The zero-order chi connectivity index (χ0) is 40.8. The SMILES string of the molecule is Cc1ccc(S(=O)(=O)Oc2ccc(NC(=O)/[N+](=C3\CCC[N+](C)(Cc4ccc5c(c4)OCO5)C3)[C@@H](Cc3ccc(O)cc3)C(N)=O)cc2)s1.O=C(O)C(F)(F)F. The number of nitrogens with two attached hydrogens (primary N) is 1. The van der Waals surface area contributed by atoms with Gasteiger partial charge in [0.25, 0.3) is 5.91 Å². The highest BCUT2D eigenvalue weighted by Crippen LogP contribution is 2.34. The predicted molar refractivity (Wildman–Crippen MR) is 198 cm³/mol. The van der Waals surface area contributed by atoms with E-state index in [1.165, 1.54) is 47.0 Å². The molecule has 2 atom stereocenters. The average molecular weight is 821 g/mol. The van der Waals surface area contributed by atoms with Crippen LogP contribution in [-0.4, -0.2) is 90.5 Å². The number of likely N-dealkylation sites (tertiary alicyclic amines) is 1. The molecule has 6 rings (SSSR count). The second kappa shape index (κ2) is 17.0. The number of halogens is 3. The summed E-state index contributed by atoms with van der Waals surface area (Å²) in [6.45, 7) is 3.98. The Morgan fingerprint density at radius 3 is 2.25 bits per heavy atom. The maximum Gasteiger partial charge on any atom is 0.496 e. The summed E-state index contributed by atoms with van der Waals surface area (Å²) in [5.74, 6) is -1.86. The van der Waals surface area contributed by atoms with Crippen LogP contribution in [0.25, 0.3) is 0 Å². The number of primary amides is 1. The smallest absolute Gasteiger partial charge is 0.496 e. The van der Waals surface area contributed by atoms with Gasteiger partial charge in [-0.3, -0.25) is 4.79 Å². The second-order valence-electron chi connectivity index (χ2n) is 13.3. The van der Waals surface area contributed by atoms with Gasteiger partial charge >= 0.3 is 28.3 Å². The largest absolute Gasteiger partial charge is 0.508 e. The highest BCUT2D eigenvalue weighted by Gasteiger charge is 2.40. The molecule has 56 heavy (non-hydrogen) atoms. The van der Waals surface area contributed by atoms with Gasteiger partial charge in [-0.05, 0) is 79.2 Å². The molecule has 0 aliphatic carbocycles. The van der Waals surface area contributed by atoms with E-state index in [0.29, 0.717) is 41.2 Å². The summed E-state index contributed by atoms with van der Waals surface area (Å²) in [4.78, 5) is 37.0. The number of aromatic hydroxyl groups is 1. The number of alkyl halides is 3. The zero-order valence-corrected chi connectivity index (χ0v) is 31.7. The van der Waals surface area contributed by atoms with E-state index in [0.717, 1.165) is 46.0 Å². The number of aliphatic carboxylic acids is 1. The van der Waals surface area contributed by atoms with Crippen LogP contribution in [0, 0.1) is 6.92 Å². The number of carboxylic acids is 1. The molecule has 3 heterocycles. The third-order valence-electron chi connectivity index (χ3n) is 8.81. The molecule has 3 aromatic carbocycles. The van der Waals surface area contributed by atoms with Crippen molar-refractivity contribution in [1.29, 1.82) is 0 Å². The minimum atomic E-state index is -5.08. The fraction of sp³-hybridized carbons (Fsp3) is 0.297. The summed E-state index contributed by atoms with van der Waals surface area (Å²) in [7, 11) is -1.89. The number of phenols is 1. The van der Waals surface area contributed by atoms with Crippen LogP contribution in [0.4, 0.5) is 23.7 Å². The molecule has 1 saturated heterocycles. The van der Waals surface area contributed by atoms with Gasteiger partial charge in [0.2, 0.25) is 6.79 Å². The third-order valence-corrected chi connectivity index (χ3v) is 11.5. The lowest BCUT2D eigenvalue weighted by atomic mass is 10.0. The number of hydrogen-bond acceptors (Lipinski definition) is 10. The molecule has 298 valence electrons. The maximum atomic E-state index is 14.2. The molecule has 19 heteroatoms. The van der Waals surface area contributed by atoms with Crippen LogP contribution in [0.3, 0.4) is 0 Å². The number of urea groups is 1. The number of piperidine rings is 1. The number of phenolic OH excluding ortho intramolecular Hbond substituents is 1. The van der Waals surface area contributed by atoms with Gasteiger partial charge < -0.3 is 34.1 Å². The Bertz CT molecular complexity index is 2230. The van der Waals surface area contributed by atoms with Gasteiger partial charge in [0.15, 0.2) is 21.8 Å². The third kappa shape index (κ3) is 10.8. The summed E-state index contributed by atoms with van der Waals surface area (Å²) >= 11 is 1.11. The second-order valence-corrected chi connectivity index (χ2v) is 16.4. The van der Waals surface area contributed by atoms with E-state index in [4.69, 9.17) is 29.3 Å². The number of carbonyl (C=O) groups excluding carboxylic acids is 2. The highest BCUT2D eigenvalue weighted by atomic mass is 32.3. The van der Waals surface area contributed by atoms with Crippen LogP contribution in [-0.2, 0) is 32.7 Å². The number of nitrogens with zero attached hydrogens (tertiary/aromatic N) is 2. The molecule has 1 fully saturated rings. The van der Waals surface area contributed by atoms with E-state index in [1.54, 1.807) is 18.2 Å². The summed E-state index contributed by atoms with van der Waals surface area (Å²) in [5, 5.41) is 19.8. The summed E-state index contributed by atoms with van der Waals surface area (Å²) < 4.78 is 75.6. The first-order chi connectivity index (χ1) is 26.3. The molecule has 2 aliphatic heterocycles. The molecule has 14 nitrogen and oxygen atoms in total. The van der Waals surface area contributed by atoms with E-state index in [1.807, 2.05) is 25.1 Å². The quantitative estimate of drug-likeness (QED) is 0.0913. The summed E-state index contributed by atoms with van der Waals surface area (Å²) in [5.41, 5.74) is 8.90. The van der Waals surface area contributed by atoms with Crippen LogP contribution in [0.5, 0.6) is 23.0 Å². The van der Waals surface area contributed by atoms with Crippen molar-refractivity contribution in [3.05, 3.63) is 94.9 Å². The molecular formula is C37H39F3N4O10S2+2. The molecular weight excluding hydrogens is 782 g/mol. The number of anilines is 1. The molecule has 0 saturated carbocycles. The van der Waals surface area contributed by atoms with Crippen LogP contribution in [0.15, 0.2) is 83.1 Å². The highest BCUT2D eigenvalue weighted by molar-refractivity contribution is 7.89. The Labute approximate surface area is 323 Å². The number of amides is 3. The lowest BCUT2D eigenvalue weighted by molar-refractivity contribution is -0.918. The van der Waals surface area contributed by atoms with Crippen molar-refractivity contribution in [3.63, 3.8) is 0 Å². The van der Waals surface area contributed by atoms with Crippen LogP contribution in [0.1, 0.15) is 28.8 Å². The number of rotatable bonds is 10. The van der Waals surface area contributed by atoms with Crippen molar-refractivity contribution < 1.29 is 68.9 Å². The van der Waals surface area contributed by atoms with Gasteiger partial charge in [-0.15, -0.1) is 11.3 Å². The van der Waals surface area contributed by atoms with Crippen LogP contribution >= 0.6 is 11.3 Å². The van der Waals surface area contributed by atoms with Crippen molar-refractivity contribution in [2.75, 3.05) is 32.2 Å². The number of fused-ring (bicyclic) bond motifs is 1. The fourth-order valence-corrected chi connectivity index (χ4v) is 8.42. The molecule has 0 radical (unpaired) electrons. The Kier molecular flexibility index (Phi) is 12.6.